The van der Waals surface area contributed by atoms with Gasteiger partial charge in [-0.15, -0.1) is 0 Å². The molecule has 3 aliphatic rings. The van der Waals surface area contributed by atoms with Gasteiger partial charge in [-0.1, -0.05) is 6.42 Å². The number of fused-ring (bicyclic) bond motifs is 1. The summed E-state index contributed by atoms with van der Waals surface area (Å²) in [5.41, 5.74) is -0.651. The Bertz CT molecular complexity index is 300. The number of hydrogen-bond acceptors (Lipinski definition) is 4. The van der Waals surface area contributed by atoms with Crippen LogP contribution in [0.25, 0.3) is 0 Å². The second-order valence-electron chi connectivity index (χ2n) is 6.24. The summed E-state index contributed by atoms with van der Waals surface area (Å²) in [6.45, 7) is 5.86. The van der Waals surface area contributed by atoms with E-state index in [4.69, 9.17) is 4.74 Å². The van der Waals surface area contributed by atoms with Crippen molar-refractivity contribution in [3.63, 3.8) is 0 Å². The third kappa shape index (κ3) is 2.31. The van der Waals surface area contributed by atoms with Gasteiger partial charge in [0.25, 0.3) is 0 Å². The molecule has 3 rings (SSSR count). The molecule has 104 valence electrons. The molecule has 0 saturated carbocycles. The topological polar surface area (TPSA) is 44.7 Å². The molecular weight excluding hydrogens is 228 g/mol. The smallest absolute Gasteiger partial charge is 0.105 e. The van der Waals surface area contributed by atoms with E-state index in [0.29, 0.717) is 25.2 Å². The maximum absolute atomic E-state index is 10.5. The van der Waals surface area contributed by atoms with Crippen molar-refractivity contribution in [2.24, 2.45) is 0 Å². The quantitative estimate of drug-likeness (QED) is 0.780. The van der Waals surface area contributed by atoms with E-state index >= 15 is 0 Å². The molecule has 4 atom stereocenters. The highest BCUT2D eigenvalue weighted by molar-refractivity contribution is 4.98. The van der Waals surface area contributed by atoms with Gasteiger partial charge in [0.2, 0.25) is 0 Å². The molecule has 0 spiro atoms. The maximum Gasteiger partial charge on any atom is 0.105 e. The number of hydrogen-bond donors (Lipinski definition) is 2. The van der Waals surface area contributed by atoms with E-state index in [1.54, 1.807) is 0 Å². The molecule has 3 saturated heterocycles. The van der Waals surface area contributed by atoms with Crippen molar-refractivity contribution >= 4 is 0 Å². The summed E-state index contributed by atoms with van der Waals surface area (Å²) in [5.74, 6) is 0. The van der Waals surface area contributed by atoms with Gasteiger partial charge < -0.3 is 15.2 Å². The molecule has 0 bridgehead atoms. The van der Waals surface area contributed by atoms with Gasteiger partial charge in [0.15, 0.2) is 0 Å². The number of nitrogens with zero attached hydrogens (tertiary/aromatic N) is 1. The molecule has 4 nitrogen and oxygen atoms in total. The first kappa shape index (κ1) is 12.9. The minimum Gasteiger partial charge on any atom is -0.386 e. The number of nitrogens with one attached hydrogen (secondary N) is 1. The first-order valence-corrected chi connectivity index (χ1v) is 7.50. The Morgan fingerprint density at radius 1 is 1.33 bits per heavy atom. The van der Waals surface area contributed by atoms with Crippen LogP contribution in [0, 0.1) is 0 Å². The zero-order valence-corrected chi connectivity index (χ0v) is 11.4. The zero-order chi connectivity index (χ0) is 12.6. The summed E-state index contributed by atoms with van der Waals surface area (Å²) in [4.78, 5) is 2.62. The number of aliphatic hydroxyl groups is 1. The van der Waals surface area contributed by atoms with Crippen LogP contribution in [0.3, 0.4) is 0 Å². The highest BCUT2D eigenvalue weighted by Gasteiger charge is 2.41. The summed E-state index contributed by atoms with van der Waals surface area (Å²) in [6, 6.07) is 1.28. The molecular formula is C14H26N2O2. The fraction of sp³-hybridized carbons (Fsp3) is 1.00. The average Bonchev–Trinajstić information content (AvgIpc) is 2.93. The molecule has 0 aromatic heterocycles. The SMILES string of the molecule is CC1OCCC1(O)CNC1CCN2CCCCC12. The molecule has 0 aliphatic carbocycles. The van der Waals surface area contributed by atoms with Crippen molar-refractivity contribution in [3.05, 3.63) is 0 Å². The monoisotopic (exact) mass is 254 g/mol. The Morgan fingerprint density at radius 2 is 2.22 bits per heavy atom. The molecule has 18 heavy (non-hydrogen) atoms. The number of rotatable bonds is 3. The summed E-state index contributed by atoms with van der Waals surface area (Å²) in [6.07, 6.45) is 6.01. The largest absolute Gasteiger partial charge is 0.386 e. The molecule has 4 heteroatoms. The van der Waals surface area contributed by atoms with Gasteiger partial charge in [0, 0.05) is 38.2 Å². The number of ether oxygens (including phenoxy) is 1. The molecule has 3 aliphatic heterocycles. The zero-order valence-electron chi connectivity index (χ0n) is 11.4. The predicted molar refractivity (Wildman–Crippen MR) is 70.6 cm³/mol. The van der Waals surface area contributed by atoms with E-state index in [1.165, 1.54) is 38.8 Å². The van der Waals surface area contributed by atoms with Crippen LogP contribution in [0.4, 0.5) is 0 Å². The van der Waals surface area contributed by atoms with Crippen LogP contribution < -0.4 is 5.32 Å². The van der Waals surface area contributed by atoms with Crippen LogP contribution in [0.2, 0.25) is 0 Å². The Morgan fingerprint density at radius 3 is 3.00 bits per heavy atom. The first-order valence-electron chi connectivity index (χ1n) is 7.50. The van der Waals surface area contributed by atoms with Crippen molar-refractivity contribution in [2.75, 3.05) is 26.2 Å². The third-order valence-corrected chi connectivity index (χ3v) is 5.19. The van der Waals surface area contributed by atoms with Crippen molar-refractivity contribution < 1.29 is 9.84 Å². The second-order valence-corrected chi connectivity index (χ2v) is 6.24. The standard InChI is InChI=1S/C14H26N2O2/c1-11-14(17,6-9-18-11)10-15-12-5-8-16-7-3-2-4-13(12)16/h11-13,15,17H,2-10H2,1H3. The average molecular weight is 254 g/mol. The van der Waals surface area contributed by atoms with E-state index in [2.05, 4.69) is 10.2 Å². The van der Waals surface area contributed by atoms with E-state index in [-0.39, 0.29) is 6.10 Å². The molecule has 0 aromatic carbocycles. The van der Waals surface area contributed by atoms with E-state index in [1.807, 2.05) is 6.92 Å². The lowest BCUT2D eigenvalue weighted by molar-refractivity contribution is -0.0284. The van der Waals surface area contributed by atoms with E-state index in [9.17, 15) is 5.11 Å². The summed E-state index contributed by atoms with van der Waals surface area (Å²) >= 11 is 0. The maximum atomic E-state index is 10.5. The Labute approximate surface area is 110 Å². The summed E-state index contributed by atoms with van der Waals surface area (Å²) < 4.78 is 5.49. The normalized spacial score (nSPS) is 45.3. The van der Waals surface area contributed by atoms with Gasteiger partial charge in [-0.2, -0.15) is 0 Å². The van der Waals surface area contributed by atoms with Crippen LogP contribution in [-0.4, -0.2) is 60.0 Å². The minimum absolute atomic E-state index is 0.0335. The molecule has 3 fully saturated rings. The first-order chi connectivity index (χ1) is 8.69. The van der Waals surface area contributed by atoms with Crippen molar-refractivity contribution in [3.8, 4) is 0 Å². The Kier molecular flexibility index (Phi) is 3.63. The van der Waals surface area contributed by atoms with Crippen LogP contribution in [0.15, 0.2) is 0 Å². The van der Waals surface area contributed by atoms with Gasteiger partial charge in [-0.05, 0) is 32.7 Å². The van der Waals surface area contributed by atoms with Crippen LogP contribution in [0.5, 0.6) is 0 Å². The van der Waals surface area contributed by atoms with Gasteiger partial charge in [-0.3, -0.25) is 4.90 Å². The lowest BCUT2D eigenvalue weighted by atomic mass is 9.94. The lowest BCUT2D eigenvalue weighted by Crippen LogP contribution is -2.52. The van der Waals surface area contributed by atoms with Gasteiger partial charge >= 0.3 is 0 Å². The van der Waals surface area contributed by atoms with Crippen LogP contribution in [0.1, 0.15) is 39.0 Å². The summed E-state index contributed by atoms with van der Waals surface area (Å²) in [7, 11) is 0. The highest BCUT2D eigenvalue weighted by Crippen LogP contribution is 2.29. The lowest BCUT2D eigenvalue weighted by Gasteiger charge is -2.34. The van der Waals surface area contributed by atoms with Gasteiger partial charge in [-0.25, -0.2) is 0 Å². The summed E-state index contributed by atoms with van der Waals surface area (Å²) in [5, 5.41) is 14.1. The van der Waals surface area contributed by atoms with Crippen molar-refractivity contribution in [1.82, 2.24) is 10.2 Å². The van der Waals surface area contributed by atoms with Crippen LogP contribution >= 0.6 is 0 Å². The van der Waals surface area contributed by atoms with E-state index < -0.39 is 5.60 Å². The Balaban J connectivity index is 1.54. The fourth-order valence-corrected chi connectivity index (χ4v) is 3.80. The van der Waals surface area contributed by atoms with E-state index in [0.717, 1.165) is 6.42 Å². The van der Waals surface area contributed by atoms with Crippen molar-refractivity contribution in [2.45, 2.75) is 62.8 Å². The highest BCUT2D eigenvalue weighted by atomic mass is 16.5. The molecule has 3 heterocycles. The van der Waals surface area contributed by atoms with Crippen molar-refractivity contribution in [1.29, 1.82) is 0 Å². The Hall–Kier alpha value is -0.160. The van der Waals surface area contributed by atoms with Crippen LogP contribution in [-0.2, 0) is 4.74 Å². The van der Waals surface area contributed by atoms with Gasteiger partial charge in [0.05, 0.1) is 6.10 Å². The molecule has 2 N–H and O–H groups in total. The van der Waals surface area contributed by atoms with Gasteiger partial charge in [0.1, 0.15) is 5.60 Å². The fourth-order valence-electron chi connectivity index (χ4n) is 3.80. The third-order valence-electron chi connectivity index (χ3n) is 5.19. The predicted octanol–water partition coefficient (Wildman–Crippen LogP) is 0.743. The molecule has 0 amide bonds. The molecule has 4 unspecified atom stereocenters. The molecule has 0 radical (unpaired) electrons. The minimum atomic E-state index is -0.651. The molecule has 0 aromatic rings. The second kappa shape index (κ2) is 5.08. The number of piperidine rings is 1.